The quantitative estimate of drug-likeness (QED) is 0.715. The third kappa shape index (κ3) is 3.49. The summed E-state index contributed by atoms with van der Waals surface area (Å²) in [7, 11) is 0. The normalized spacial score (nSPS) is 20.9. The lowest BCUT2D eigenvalue weighted by molar-refractivity contribution is 0.200. The molecule has 6 nitrogen and oxygen atoms in total. The lowest BCUT2D eigenvalue weighted by Crippen LogP contribution is -2.48. The van der Waals surface area contributed by atoms with Crippen LogP contribution in [-0.2, 0) is 6.42 Å². The molecule has 1 atom stereocenters. The average molecular weight is 363 g/mol. The summed E-state index contributed by atoms with van der Waals surface area (Å²) < 4.78 is 7.78. The van der Waals surface area contributed by atoms with Crippen LogP contribution in [0.4, 0.5) is 5.82 Å². The van der Waals surface area contributed by atoms with Crippen molar-refractivity contribution in [3.63, 3.8) is 0 Å². The van der Waals surface area contributed by atoms with Crippen molar-refractivity contribution < 1.29 is 4.74 Å². The van der Waals surface area contributed by atoms with Crippen LogP contribution in [0.15, 0.2) is 48.8 Å². The van der Waals surface area contributed by atoms with Gasteiger partial charge in [0, 0.05) is 45.1 Å². The van der Waals surface area contributed by atoms with Gasteiger partial charge < -0.3 is 9.64 Å². The molecule has 0 spiro atoms. The summed E-state index contributed by atoms with van der Waals surface area (Å²) >= 11 is 0. The fourth-order valence-corrected chi connectivity index (χ4v) is 4.22. The average Bonchev–Trinajstić information content (AvgIpc) is 3.08. The second-order valence-corrected chi connectivity index (χ2v) is 7.52. The summed E-state index contributed by atoms with van der Waals surface area (Å²) in [5, 5.41) is 4.68. The highest BCUT2D eigenvalue weighted by molar-refractivity contribution is 5.46. The van der Waals surface area contributed by atoms with E-state index in [-0.39, 0.29) is 0 Å². The highest BCUT2D eigenvalue weighted by Gasteiger charge is 2.23. The molecule has 27 heavy (non-hydrogen) atoms. The number of nitrogens with zero attached hydrogens (tertiary/aromatic N) is 5. The van der Waals surface area contributed by atoms with Crippen LogP contribution in [0.2, 0.25) is 0 Å². The van der Waals surface area contributed by atoms with Gasteiger partial charge in [0.25, 0.3) is 0 Å². The summed E-state index contributed by atoms with van der Waals surface area (Å²) in [6, 6.07) is 12.6. The zero-order valence-corrected chi connectivity index (χ0v) is 15.5. The van der Waals surface area contributed by atoms with Gasteiger partial charge in [0.05, 0.1) is 6.61 Å². The van der Waals surface area contributed by atoms with Gasteiger partial charge in [-0.1, -0.05) is 18.2 Å². The van der Waals surface area contributed by atoms with Crippen molar-refractivity contribution in [3.05, 3.63) is 54.4 Å². The number of aromatic nitrogens is 3. The van der Waals surface area contributed by atoms with Crippen LogP contribution in [0.3, 0.4) is 0 Å². The van der Waals surface area contributed by atoms with Gasteiger partial charge in [-0.15, -0.1) is 5.10 Å². The molecular weight excluding hydrogens is 338 g/mol. The topological polar surface area (TPSA) is 45.9 Å². The van der Waals surface area contributed by atoms with E-state index in [1.54, 1.807) is 6.20 Å². The van der Waals surface area contributed by atoms with Crippen molar-refractivity contribution in [2.45, 2.75) is 12.8 Å². The van der Waals surface area contributed by atoms with Crippen molar-refractivity contribution >= 4 is 11.5 Å². The molecule has 1 fully saturated rings. The van der Waals surface area contributed by atoms with E-state index in [1.165, 1.54) is 5.56 Å². The minimum atomic E-state index is 0.667. The van der Waals surface area contributed by atoms with Gasteiger partial charge in [-0.2, -0.15) is 0 Å². The van der Waals surface area contributed by atoms with Crippen LogP contribution >= 0.6 is 0 Å². The molecule has 0 saturated carbocycles. The van der Waals surface area contributed by atoms with E-state index in [1.807, 2.05) is 16.8 Å². The molecule has 2 aliphatic rings. The Morgan fingerprint density at radius 3 is 2.85 bits per heavy atom. The number of hydrogen-bond donors (Lipinski definition) is 0. The number of ether oxygens (including phenoxy) is 1. The van der Waals surface area contributed by atoms with Crippen molar-refractivity contribution in [2.24, 2.45) is 5.92 Å². The SMILES string of the molecule is c1ccc2c(c1)CC(CN1CCN(c3ccc4nccn4n3)CC1)CCO2. The van der Waals surface area contributed by atoms with Crippen LogP contribution in [0, 0.1) is 5.92 Å². The lowest BCUT2D eigenvalue weighted by Gasteiger charge is -2.36. The van der Waals surface area contributed by atoms with Gasteiger partial charge in [0.1, 0.15) is 11.6 Å². The molecule has 1 unspecified atom stereocenters. The molecule has 6 heteroatoms. The first kappa shape index (κ1) is 16.6. The van der Waals surface area contributed by atoms with E-state index >= 15 is 0 Å². The van der Waals surface area contributed by atoms with E-state index in [0.717, 1.165) is 69.4 Å². The fraction of sp³-hybridized carbons (Fsp3) is 0.429. The Morgan fingerprint density at radius 2 is 1.93 bits per heavy atom. The Morgan fingerprint density at radius 1 is 1.04 bits per heavy atom. The number of imidazole rings is 1. The molecule has 5 rings (SSSR count). The fourth-order valence-electron chi connectivity index (χ4n) is 4.22. The molecular formula is C21H25N5O. The standard InChI is InChI=1S/C21H25N5O/c1-2-4-19-18(3-1)15-17(7-14-27-19)16-24-10-12-25(13-11-24)21-6-5-20-22-8-9-26(20)23-21/h1-6,8-9,17H,7,10-16H2. The zero-order valence-electron chi connectivity index (χ0n) is 15.5. The summed E-state index contributed by atoms with van der Waals surface area (Å²) in [6.45, 7) is 6.20. The van der Waals surface area contributed by atoms with E-state index in [0.29, 0.717) is 5.92 Å². The van der Waals surface area contributed by atoms with Crippen LogP contribution in [0.5, 0.6) is 5.75 Å². The van der Waals surface area contributed by atoms with Crippen molar-refractivity contribution in [1.29, 1.82) is 0 Å². The molecule has 0 aliphatic carbocycles. The molecule has 3 aromatic rings. The Hall–Kier alpha value is -2.60. The van der Waals surface area contributed by atoms with E-state index in [9.17, 15) is 0 Å². The van der Waals surface area contributed by atoms with E-state index in [2.05, 4.69) is 50.2 Å². The predicted molar refractivity (Wildman–Crippen MR) is 105 cm³/mol. The third-order valence-electron chi connectivity index (χ3n) is 5.72. The van der Waals surface area contributed by atoms with Crippen LogP contribution in [0.1, 0.15) is 12.0 Å². The van der Waals surface area contributed by atoms with Gasteiger partial charge in [0.2, 0.25) is 0 Å². The molecule has 0 amide bonds. The highest BCUT2D eigenvalue weighted by Crippen LogP contribution is 2.27. The Balaban J connectivity index is 1.19. The Kier molecular flexibility index (Phi) is 4.41. The molecule has 2 aliphatic heterocycles. The van der Waals surface area contributed by atoms with Gasteiger partial charge in [-0.25, -0.2) is 9.50 Å². The molecule has 0 bridgehead atoms. The van der Waals surface area contributed by atoms with Crippen LogP contribution in [-0.4, -0.2) is 58.8 Å². The van der Waals surface area contributed by atoms with Gasteiger partial charge >= 0.3 is 0 Å². The smallest absolute Gasteiger partial charge is 0.153 e. The molecule has 1 aromatic carbocycles. The number of para-hydroxylation sites is 1. The second kappa shape index (κ2) is 7.19. The Labute approximate surface area is 159 Å². The predicted octanol–water partition coefficient (Wildman–Crippen LogP) is 2.49. The maximum absolute atomic E-state index is 5.93. The Bertz CT molecular complexity index is 916. The van der Waals surface area contributed by atoms with Crippen molar-refractivity contribution in [3.8, 4) is 5.75 Å². The minimum absolute atomic E-state index is 0.667. The second-order valence-electron chi connectivity index (χ2n) is 7.52. The first-order valence-electron chi connectivity index (χ1n) is 9.83. The summed E-state index contributed by atoms with van der Waals surface area (Å²) in [5.41, 5.74) is 2.25. The van der Waals surface area contributed by atoms with Crippen molar-refractivity contribution in [1.82, 2.24) is 19.5 Å². The molecule has 140 valence electrons. The molecule has 0 radical (unpaired) electrons. The minimum Gasteiger partial charge on any atom is -0.493 e. The molecule has 1 saturated heterocycles. The maximum Gasteiger partial charge on any atom is 0.153 e. The summed E-state index contributed by atoms with van der Waals surface area (Å²) in [6.07, 6.45) is 5.95. The van der Waals surface area contributed by atoms with Crippen molar-refractivity contribution in [2.75, 3.05) is 44.2 Å². The third-order valence-corrected chi connectivity index (χ3v) is 5.72. The largest absolute Gasteiger partial charge is 0.493 e. The number of anilines is 1. The molecule has 0 N–H and O–H groups in total. The van der Waals surface area contributed by atoms with Gasteiger partial charge in [-0.3, -0.25) is 4.90 Å². The lowest BCUT2D eigenvalue weighted by atomic mass is 9.96. The number of hydrogen-bond acceptors (Lipinski definition) is 5. The van der Waals surface area contributed by atoms with Crippen LogP contribution in [0.25, 0.3) is 5.65 Å². The summed E-state index contributed by atoms with van der Waals surface area (Å²) in [5.74, 6) is 2.78. The summed E-state index contributed by atoms with van der Waals surface area (Å²) in [4.78, 5) is 9.25. The van der Waals surface area contributed by atoms with Gasteiger partial charge in [0.15, 0.2) is 5.65 Å². The number of piperazine rings is 1. The van der Waals surface area contributed by atoms with Crippen LogP contribution < -0.4 is 9.64 Å². The zero-order chi connectivity index (χ0) is 18.1. The first-order chi connectivity index (χ1) is 13.3. The first-order valence-corrected chi connectivity index (χ1v) is 9.83. The highest BCUT2D eigenvalue weighted by atomic mass is 16.5. The number of benzene rings is 1. The molecule has 4 heterocycles. The number of fused-ring (bicyclic) bond motifs is 2. The van der Waals surface area contributed by atoms with E-state index < -0.39 is 0 Å². The maximum atomic E-state index is 5.93. The number of rotatable bonds is 3. The monoisotopic (exact) mass is 363 g/mol. The van der Waals surface area contributed by atoms with Gasteiger partial charge in [-0.05, 0) is 42.5 Å². The molecule has 2 aromatic heterocycles. The van der Waals surface area contributed by atoms with E-state index in [4.69, 9.17) is 4.74 Å².